The third-order valence-corrected chi connectivity index (χ3v) is 3.24. The molecule has 2 atom stereocenters. The zero-order valence-corrected chi connectivity index (χ0v) is 10.2. The molecule has 6 heteroatoms. The molecule has 0 spiro atoms. The molecule has 1 saturated heterocycles. The van der Waals surface area contributed by atoms with Crippen molar-refractivity contribution in [1.29, 1.82) is 0 Å². The van der Waals surface area contributed by atoms with Crippen LogP contribution in [-0.4, -0.2) is 50.0 Å². The van der Waals surface area contributed by atoms with Gasteiger partial charge in [0.2, 0.25) is 0 Å². The second kappa shape index (κ2) is 6.56. The first-order chi connectivity index (χ1) is 7.94. The van der Waals surface area contributed by atoms with Crippen LogP contribution in [0.15, 0.2) is 0 Å². The summed E-state index contributed by atoms with van der Waals surface area (Å²) in [5, 5.41) is 0. The molecule has 0 aromatic heterocycles. The minimum absolute atomic E-state index is 0.154. The summed E-state index contributed by atoms with van der Waals surface area (Å²) in [6, 6.07) is 0.373. The summed E-state index contributed by atoms with van der Waals surface area (Å²) in [5.41, 5.74) is 5.68. The normalized spacial score (nSPS) is 26.6. The lowest BCUT2D eigenvalue weighted by Crippen LogP contribution is -2.39. The first kappa shape index (κ1) is 14.7. The lowest BCUT2D eigenvalue weighted by atomic mass is 10.0. The summed E-state index contributed by atoms with van der Waals surface area (Å²) in [6.07, 6.45) is -2.48. The molecule has 0 saturated carbocycles. The van der Waals surface area contributed by atoms with Crippen molar-refractivity contribution in [2.75, 3.05) is 32.8 Å². The average molecular weight is 254 g/mol. The van der Waals surface area contributed by atoms with Gasteiger partial charge in [-0.1, -0.05) is 6.92 Å². The van der Waals surface area contributed by atoms with E-state index in [-0.39, 0.29) is 6.61 Å². The Balaban J connectivity index is 2.11. The summed E-state index contributed by atoms with van der Waals surface area (Å²) < 4.78 is 40.0. The Morgan fingerprint density at radius 2 is 2.12 bits per heavy atom. The topological polar surface area (TPSA) is 38.5 Å². The second-order valence-electron chi connectivity index (χ2n) is 4.63. The predicted octanol–water partition coefficient (Wildman–Crippen LogP) is 1.62. The van der Waals surface area contributed by atoms with Crippen LogP contribution in [0.5, 0.6) is 0 Å². The quantitative estimate of drug-likeness (QED) is 0.732. The molecule has 0 amide bonds. The van der Waals surface area contributed by atoms with Gasteiger partial charge in [0, 0.05) is 25.7 Å². The zero-order chi connectivity index (χ0) is 12.9. The largest absolute Gasteiger partial charge is 0.411 e. The van der Waals surface area contributed by atoms with Gasteiger partial charge in [0.15, 0.2) is 0 Å². The number of ether oxygens (including phenoxy) is 1. The average Bonchev–Trinajstić information content (AvgIpc) is 2.57. The third kappa shape index (κ3) is 5.23. The van der Waals surface area contributed by atoms with Crippen LogP contribution in [0.3, 0.4) is 0 Å². The van der Waals surface area contributed by atoms with E-state index in [0.717, 1.165) is 19.5 Å². The smallest absolute Gasteiger partial charge is 0.372 e. The number of likely N-dealkylation sites (tertiary alicyclic amines) is 1. The summed E-state index contributed by atoms with van der Waals surface area (Å²) in [7, 11) is 0. The van der Waals surface area contributed by atoms with Gasteiger partial charge in [0.1, 0.15) is 6.61 Å². The third-order valence-electron chi connectivity index (χ3n) is 3.24. The highest BCUT2D eigenvalue weighted by Gasteiger charge is 2.30. The molecule has 0 aromatic carbocycles. The SMILES string of the molecule is CC1CCN(CCCOCC(F)(F)F)C1CN. The Morgan fingerprint density at radius 3 is 2.71 bits per heavy atom. The number of nitrogens with two attached hydrogens (primary N) is 1. The van der Waals surface area contributed by atoms with Gasteiger partial charge >= 0.3 is 6.18 Å². The summed E-state index contributed by atoms with van der Waals surface area (Å²) in [6.45, 7) is 3.54. The summed E-state index contributed by atoms with van der Waals surface area (Å²) in [4.78, 5) is 2.25. The van der Waals surface area contributed by atoms with Crippen LogP contribution in [0, 0.1) is 5.92 Å². The molecule has 1 aliphatic heterocycles. The fourth-order valence-electron chi connectivity index (χ4n) is 2.30. The van der Waals surface area contributed by atoms with E-state index < -0.39 is 12.8 Å². The van der Waals surface area contributed by atoms with Crippen molar-refractivity contribution in [2.45, 2.75) is 32.0 Å². The molecule has 17 heavy (non-hydrogen) atoms. The van der Waals surface area contributed by atoms with Crippen LogP contribution in [0.4, 0.5) is 13.2 Å². The van der Waals surface area contributed by atoms with E-state index in [1.807, 2.05) is 0 Å². The molecule has 2 N–H and O–H groups in total. The number of halogens is 3. The number of hydrogen-bond acceptors (Lipinski definition) is 3. The van der Waals surface area contributed by atoms with Crippen LogP contribution in [0.2, 0.25) is 0 Å². The molecule has 1 heterocycles. The van der Waals surface area contributed by atoms with Crippen LogP contribution in [0.1, 0.15) is 19.8 Å². The fraction of sp³-hybridized carbons (Fsp3) is 1.00. The second-order valence-corrected chi connectivity index (χ2v) is 4.63. The van der Waals surface area contributed by atoms with Crippen molar-refractivity contribution in [3.8, 4) is 0 Å². The van der Waals surface area contributed by atoms with E-state index in [4.69, 9.17) is 5.73 Å². The van der Waals surface area contributed by atoms with Crippen molar-refractivity contribution in [1.82, 2.24) is 4.90 Å². The fourth-order valence-corrected chi connectivity index (χ4v) is 2.30. The van der Waals surface area contributed by atoms with Crippen LogP contribution in [0.25, 0.3) is 0 Å². The molecule has 1 rings (SSSR count). The Kier molecular flexibility index (Phi) is 5.69. The summed E-state index contributed by atoms with van der Waals surface area (Å²) >= 11 is 0. The zero-order valence-electron chi connectivity index (χ0n) is 10.2. The molecular formula is C11H21F3N2O. The number of hydrogen-bond donors (Lipinski definition) is 1. The monoisotopic (exact) mass is 254 g/mol. The maximum atomic E-state index is 11.8. The van der Waals surface area contributed by atoms with Crippen molar-refractivity contribution in [3.63, 3.8) is 0 Å². The lowest BCUT2D eigenvalue weighted by molar-refractivity contribution is -0.174. The number of alkyl halides is 3. The maximum absolute atomic E-state index is 11.8. The van der Waals surface area contributed by atoms with Gasteiger partial charge in [0.05, 0.1) is 0 Å². The predicted molar refractivity (Wildman–Crippen MR) is 59.7 cm³/mol. The van der Waals surface area contributed by atoms with E-state index in [1.54, 1.807) is 0 Å². The molecular weight excluding hydrogens is 233 g/mol. The van der Waals surface area contributed by atoms with E-state index in [9.17, 15) is 13.2 Å². The van der Waals surface area contributed by atoms with Crippen LogP contribution >= 0.6 is 0 Å². The highest BCUT2D eigenvalue weighted by Crippen LogP contribution is 2.23. The molecule has 0 aromatic rings. The molecule has 1 aliphatic rings. The lowest BCUT2D eigenvalue weighted by Gasteiger charge is -2.25. The van der Waals surface area contributed by atoms with Gasteiger partial charge in [-0.05, 0) is 25.3 Å². The van der Waals surface area contributed by atoms with Gasteiger partial charge < -0.3 is 10.5 Å². The Bertz CT molecular complexity index is 223. The minimum Gasteiger partial charge on any atom is -0.372 e. The van der Waals surface area contributed by atoms with Crippen molar-refractivity contribution in [2.24, 2.45) is 11.7 Å². The van der Waals surface area contributed by atoms with Gasteiger partial charge in [-0.15, -0.1) is 0 Å². The first-order valence-electron chi connectivity index (χ1n) is 6.02. The Morgan fingerprint density at radius 1 is 1.41 bits per heavy atom. The van der Waals surface area contributed by atoms with Crippen molar-refractivity contribution in [3.05, 3.63) is 0 Å². The molecule has 1 fully saturated rings. The van der Waals surface area contributed by atoms with E-state index in [0.29, 0.717) is 24.9 Å². The van der Waals surface area contributed by atoms with Crippen LogP contribution in [-0.2, 0) is 4.74 Å². The summed E-state index contributed by atoms with van der Waals surface area (Å²) in [5.74, 6) is 0.580. The molecule has 3 nitrogen and oxygen atoms in total. The highest BCUT2D eigenvalue weighted by atomic mass is 19.4. The van der Waals surface area contributed by atoms with Gasteiger partial charge in [0.25, 0.3) is 0 Å². The van der Waals surface area contributed by atoms with Gasteiger partial charge in [-0.3, -0.25) is 4.90 Å². The van der Waals surface area contributed by atoms with Crippen molar-refractivity contribution >= 4 is 0 Å². The van der Waals surface area contributed by atoms with Gasteiger partial charge in [-0.25, -0.2) is 0 Å². The van der Waals surface area contributed by atoms with Crippen molar-refractivity contribution < 1.29 is 17.9 Å². The minimum atomic E-state index is -4.22. The molecule has 0 radical (unpaired) electrons. The number of rotatable bonds is 6. The Labute approximate surface area is 100 Å². The Hall–Kier alpha value is -0.330. The maximum Gasteiger partial charge on any atom is 0.411 e. The highest BCUT2D eigenvalue weighted by molar-refractivity contribution is 4.84. The van der Waals surface area contributed by atoms with Crippen LogP contribution < -0.4 is 5.73 Å². The number of nitrogens with zero attached hydrogens (tertiary/aromatic N) is 1. The van der Waals surface area contributed by atoms with E-state index in [2.05, 4.69) is 16.6 Å². The molecule has 102 valence electrons. The standard InChI is InChI=1S/C11H21F3N2O/c1-9-3-5-16(10(9)7-15)4-2-6-17-8-11(12,13)14/h9-10H,2-8,15H2,1H3. The molecule has 0 aliphatic carbocycles. The molecule has 0 bridgehead atoms. The van der Waals surface area contributed by atoms with E-state index >= 15 is 0 Å². The molecule has 2 unspecified atom stereocenters. The van der Waals surface area contributed by atoms with E-state index in [1.165, 1.54) is 0 Å². The van der Waals surface area contributed by atoms with Gasteiger partial charge in [-0.2, -0.15) is 13.2 Å². The first-order valence-corrected chi connectivity index (χ1v) is 6.02.